The molecule has 0 spiro atoms. The fraction of sp³-hybridized carbons (Fsp3) is 0.562. The zero-order valence-electron chi connectivity index (χ0n) is 11.3. The Balaban J connectivity index is 1.53. The van der Waals surface area contributed by atoms with E-state index in [-0.39, 0.29) is 5.91 Å². The summed E-state index contributed by atoms with van der Waals surface area (Å²) < 4.78 is 0. The summed E-state index contributed by atoms with van der Waals surface area (Å²) in [6.45, 7) is 0.541. The van der Waals surface area contributed by atoms with E-state index in [1.807, 2.05) is 24.3 Å². The first-order chi connectivity index (χ1) is 9.24. The van der Waals surface area contributed by atoms with Crippen molar-refractivity contribution in [2.75, 3.05) is 5.32 Å². The molecule has 3 N–H and O–H groups in total. The Hall–Kier alpha value is -1.35. The van der Waals surface area contributed by atoms with Crippen LogP contribution < -0.4 is 11.1 Å². The highest BCUT2D eigenvalue weighted by Gasteiger charge is 2.40. The van der Waals surface area contributed by atoms with Gasteiger partial charge in [0, 0.05) is 18.7 Å². The van der Waals surface area contributed by atoms with Crippen LogP contribution in [0.25, 0.3) is 0 Å². The molecule has 0 heterocycles. The highest BCUT2D eigenvalue weighted by Crippen LogP contribution is 2.49. The van der Waals surface area contributed by atoms with Gasteiger partial charge in [0.2, 0.25) is 5.91 Å². The number of nitrogens with two attached hydrogens (primary N) is 1. The summed E-state index contributed by atoms with van der Waals surface area (Å²) >= 11 is 0. The van der Waals surface area contributed by atoms with Crippen LogP contribution in [-0.4, -0.2) is 5.91 Å². The SMILES string of the molecule is NCc1ccc(NC(=O)CC2CC3CCC2C3)cc1. The van der Waals surface area contributed by atoms with Crippen LogP contribution in [0, 0.1) is 17.8 Å². The molecule has 2 bridgehead atoms. The van der Waals surface area contributed by atoms with Crippen LogP contribution in [0.3, 0.4) is 0 Å². The molecular weight excluding hydrogens is 236 g/mol. The van der Waals surface area contributed by atoms with E-state index in [9.17, 15) is 4.79 Å². The minimum absolute atomic E-state index is 0.165. The predicted molar refractivity (Wildman–Crippen MR) is 76.5 cm³/mol. The van der Waals surface area contributed by atoms with Gasteiger partial charge in [-0.25, -0.2) is 0 Å². The van der Waals surface area contributed by atoms with Crippen LogP contribution in [0.1, 0.15) is 37.7 Å². The lowest BCUT2D eigenvalue weighted by Gasteiger charge is -2.20. The minimum atomic E-state index is 0.165. The normalized spacial score (nSPS) is 28.6. The van der Waals surface area contributed by atoms with Crippen molar-refractivity contribution in [1.82, 2.24) is 0 Å². The number of amides is 1. The molecule has 3 nitrogen and oxygen atoms in total. The highest BCUT2D eigenvalue weighted by atomic mass is 16.1. The molecule has 3 rings (SSSR count). The van der Waals surface area contributed by atoms with E-state index in [1.165, 1.54) is 25.7 Å². The second kappa shape index (κ2) is 5.33. The van der Waals surface area contributed by atoms with Gasteiger partial charge in [-0.15, -0.1) is 0 Å². The molecule has 102 valence electrons. The Kier molecular flexibility index (Phi) is 3.56. The smallest absolute Gasteiger partial charge is 0.224 e. The van der Waals surface area contributed by atoms with E-state index >= 15 is 0 Å². The van der Waals surface area contributed by atoms with Gasteiger partial charge < -0.3 is 11.1 Å². The van der Waals surface area contributed by atoms with Crippen LogP contribution >= 0.6 is 0 Å². The number of fused-ring (bicyclic) bond motifs is 2. The van der Waals surface area contributed by atoms with Gasteiger partial charge in [-0.2, -0.15) is 0 Å². The lowest BCUT2D eigenvalue weighted by atomic mass is 9.86. The van der Waals surface area contributed by atoms with E-state index < -0.39 is 0 Å². The van der Waals surface area contributed by atoms with E-state index in [0.717, 1.165) is 23.1 Å². The molecule has 2 aliphatic carbocycles. The summed E-state index contributed by atoms with van der Waals surface area (Å²) in [6.07, 6.45) is 6.06. The quantitative estimate of drug-likeness (QED) is 0.872. The van der Waals surface area contributed by atoms with Crippen molar-refractivity contribution in [1.29, 1.82) is 0 Å². The average molecular weight is 258 g/mol. The Morgan fingerprint density at radius 1 is 1.21 bits per heavy atom. The first kappa shape index (κ1) is 12.7. The van der Waals surface area contributed by atoms with Crippen LogP contribution in [0.15, 0.2) is 24.3 Å². The van der Waals surface area contributed by atoms with E-state index in [2.05, 4.69) is 5.32 Å². The molecule has 19 heavy (non-hydrogen) atoms. The molecule has 0 saturated heterocycles. The van der Waals surface area contributed by atoms with Gasteiger partial charge >= 0.3 is 0 Å². The summed E-state index contributed by atoms with van der Waals surface area (Å²) in [5.74, 6) is 2.52. The maximum atomic E-state index is 12.1. The number of anilines is 1. The average Bonchev–Trinajstić information content (AvgIpc) is 3.02. The number of hydrogen-bond donors (Lipinski definition) is 2. The molecule has 0 aliphatic heterocycles. The number of rotatable bonds is 4. The summed E-state index contributed by atoms with van der Waals surface area (Å²) in [7, 11) is 0. The van der Waals surface area contributed by atoms with Gasteiger partial charge in [0.15, 0.2) is 0 Å². The molecule has 1 aromatic rings. The third-order valence-electron chi connectivity index (χ3n) is 4.81. The van der Waals surface area contributed by atoms with Crippen molar-refractivity contribution in [3.63, 3.8) is 0 Å². The molecule has 1 amide bonds. The van der Waals surface area contributed by atoms with E-state index in [0.29, 0.717) is 18.9 Å². The molecule has 2 fully saturated rings. The van der Waals surface area contributed by atoms with E-state index in [1.54, 1.807) is 0 Å². The van der Waals surface area contributed by atoms with Crippen LogP contribution in [0.2, 0.25) is 0 Å². The van der Waals surface area contributed by atoms with Gasteiger partial charge in [0.05, 0.1) is 0 Å². The standard InChI is InChI=1S/C16H22N2O/c17-10-11-2-5-15(6-3-11)18-16(19)9-14-8-12-1-4-13(14)7-12/h2-3,5-6,12-14H,1,4,7-10,17H2,(H,18,19). The number of hydrogen-bond acceptors (Lipinski definition) is 2. The summed E-state index contributed by atoms with van der Waals surface area (Å²) in [4.78, 5) is 12.1. The van der Waals surface area contributed by atoms with Gasteiger partial charge in [-0.3, -0.25) is 4.79 Å². The minimum Gasteiger partial charge on any atom is -0.326 e. The van der Waals surface area contributed by atoms with Crippen molar-refractivity contribution in [2.24, 2.45) is 23.5 Å². The van der Waals surface area contributed by atoms with Crippen molar-refractivity contribution in [3.8, 4) is 0 Å². The molecule has 0 radical (unpaired) electrons. The van der Waals surface area contributed by atoms with Crippen LogP contribution in [0.4, 0.5) is 5.69 Å². The van der Waals surface area contributed by atoms with Gasteiger partial charge in [-0.1, -0.05) is 18.6 Å². The third-order valence-corrected chi connectivity index (χ3v) is 4.81. The Bertz CT molecular complexity index is 454. The second-order valence-electron chi connectivity index (χ2n) is 6.09. The molecule has 2 aliphatic rings. The summed E-state index contributed by atoms with van der Waals surface area (Å²) in [5, 5.41) is 3.00. The number of carbonyl (C=O) groups is 1. The van der Waals surface area contributed by atoms with Gasteiger partial charge in [0.25, 0.3) is 0 Å². The number of benzene rings is 1. The maximum Gasteiger partial charge on any atom is 0.224 e. The van der Waals surface area contributed by atoms with E-state index in [4.69, 9.17) is 5.73 Å². The lowest BCUT2D eigenvalue weighted by Crippen LogP contribution is -2.20. The number of carbonyl (C=O) groups excluding carboxylic acids is 1. The van der Waals surface area contributed by atoms with Crippen molar-refractivity contribution >= 4 is 11.6 Å². The van der Waals surface area contributed by atoms with Crippen LogP contribution in [0.5, 0.6) is 0 Å². The first-order valence-corrected chi connectivity index (χ1v) is 7.33. The highest BCUT2D eigenvalue weighted by molar-refractivity contribution is 5.90. The third kappa shape index (κ3) is 2.81. The predicted octanol–water partition coefficient (Wildman–Crippen LogP) is 2.91. The van der Waals surface area contributed by atoms with Crippen molar-refractivity contribution in [2.45, 2.75) is 38.6 Å². The Morgan fingerprint density at radius 3 is 2.58 bits per heavy atom. The number of nitrogens with one attached hydrogen (secondary N) is 1. The zero-order chi connectivity index (χ0) is 13.2. The monoisotopic (exact) mass is 258 g/mol. The van der Waals surface area contributed by atoms with Crippen molar-refractivity contribution < 1.29 is 4.79 Å². The summed E-state index contributed by atoms with van der Waals surface area (Å²) in [5.41, 5.74) is 7.53. The topological polar surface area (TPSA) is 55.1 Å². The molecule has 3 unspecified atom stereocenters. The molecule has 3 atom stereocenters. The summed E-state index contributed by atoms with van der Waals surface area (Å²) in [6, 6.07) is 7.79. The first-order valence-electron chi connectivity index (χ1n) is 7.33. The fourth-order valence-electron chi connectivity index (χ4n) is 3.80. The molecular formula is C16H22N2O. The van der Waals surface area contributed by atoms with Crippen LogP contribution in [-0.2, 0) is 11.3 Å². The fourth-order valence-corrected chi connectivity index (χ4v) is 3.80. The molecule has 0 aromatic heterocycles. The van der Waals surface area contributed by atoms with Crippen molar-refractivity contribution in [3.05, 3.63) is 29.8 Å². The molecule has 2 saturated carbocycles. The Labute approximate surface area is 114 Å². The maximum absolute atomic E-state index is 12.1. The largest absolute Gasteiger partial charge is 0.326 e. The van der Waals surface area contributed by atoms with Gasteiger partial charge in [-0.05, 0) is 54.7 Å². The second-order valence-corrected chi connectivity index (χ2v) is 6.09. The Morgan fingerprint density at radius 2 is 2.00 bits per heavy atom. The van der Waals surface area contributed by atoms with Gasteiger partial charge in [0.1, 0.15) is 0 Å². The molecule has 1 aromatic carbocycles. The molecule has 3 heteroatoms. The zero-order valence-corrected chi connectivity index (χ0v) is 11.3. The lowest BCUT2D eigenvalue weighted by molar-refractivity contribution is -0.117.